The maximum Gasteiger partial charge on any atom is 0.138 e. The Morgan fingerprint density at radius 3 is 2.52 bits per heavy atom. The normalized spacial score (nSPS) is 16.0. The lowest BCUT2D eigenvalue weighted by Gasteiger charge is -2.32. The first kappa shape index (κ1) is 17.6. The number of ether oxygens (including phenoxy) is 1. The summed E-state index contributed by atoms with van der Waals surface area (Å²) in [4.78, 5) is 2.47. The van der Waals surface area contributed by atoms with E-state index in [0.29, 0.717) is 18.0 Å². The van der Waals surface area contributed by atoms with Gasteiger partial charge < -0.3 is 15.6 Å². The van der Waals surface area contributed by atoms with Gasteiger partial charge in [0.1, 0.15) is 18.1 Å². The zero-order valence-electron chi connectivity index (χ0n) is 14.9. The Balaban J connectivity index is 1.37. The lowest BCUT2D eigenvalue weighted by molar-refractivity contribution is 0.155. The maximum atomic E-state index is 9.43. The molecular weight excluding hydrogens is 312 g/mol. The van der Waals surface area contributed by atoms with Gasteiger partial charge in [0.2, 0.25) is 0 Å². The molecule has 0 aliphatic carbocycles. The Labute approximate surface area is 150 Å². The summed E-state index contributed by atoms with van der Waals surface area (Å²) in [6.07, 6.45) is 3.69. The highest BCUT2D eigenvalue weighted by molar-refractivity contribution is 5.55. The third-order valence-electron chi connectivity index (χ3n) is 5.03. The summed E-state index contributed by atoms with van der Waals surface area (Å²) in [5.74, 6) is 1.60. The molecule has 1 heterocycles. The van der Waals surface area contributed by atoms with E-state index in [9.17, 15) is 5.11 Å². The van der Waals surface area contributed by atoms with E-state index in [4.69, 9.17) is 10.5 Å². The van der Waals surface area contributed by atoms with E-state index in [1.165, 1.54) is 30.4 Å². The van der Waals surface area contributed by atoms with Crippen LogP contribution in [0.1, 0.15) is 24.0 Å². The smallest absolute Gasteiger partial charge is 0.138 e. The van der Waals surface area contributed by atoms with Gasteiger partial charge in [0.05, 0.1) is 5.69 Å². The number of nitrogen functional groups attached to an aromatic ring is 1. The molecule has 0 aromatic heterocycles. The van der Waals surface area contributed by atoms with Crippen molar-refractivity contribution in [3.63, 3.8) is 0 Å². The van der Waals surface area contributed by atoms with Crippen LogP contribution in [-0.2, 0) is 6.42 Å². The molecule has 1 aliphatic heterocycles. The van der Waals surface area contributed by atoms with E-state index in [0.717, 1.165) is 25.6 Å². The summed E-state index contributed by atoms with van der Waals surface area (Å²) >= 11 is 0. The predicted octanol–water partition coefficient (Wildman–Crippen LogP) is 3.62. The van der Waals surface area contributed by atoms with Crippen LogP contribution in [0.25, 0.3) is 0 Å². The second-order valence-corrected chi connectivity index (χ2v) is 7.04. The van der Waals surface area contributed by atoms with E-state index >= 15 is 0 Å². The topological polar surface area (TPSA) is 58.7 Å². The average Bonchev–Trinajstić information content (AvgIpc) is 2.61. The van der Waals surface area contributed by atoms with Crippen molar-refractivity contribution < 1.29 is 9.84 Å². The number of piperidine rings is 1. The van der Waals surface area contributed by atoms with Crippen LogP contribution in [0, 0.1) is 12.8 Å². The SMILES string of the molecule is Cc1ccc(CC2CCN(CCOc3ccc(O)c(N)c3)CC2)cc1. The molecule has 0 bridgehead atoms. The van der Waals surface area contributed by atoms with E-state index in [1.54, 1.807) is 18.2 Å². The molecule has 4 heteroatoms. The highest BCUT2D eigenvalue weighted by atomic mass is 16.5. The van der Waals surface area contributed by atoms with Crippen molar-refractivity contribution >= 4 is 5.69 Å². The zero-order chi connectivity index (χ0) is 17.6. The van der Waals surface area contributed by atoms with Gasteiger partial charge in [0.15, 0.2) is 0 Å². The molecule has 134 valence electrons. The number of aromatic hydroxyl groups is 1. The van der Waals surface area contributed by atoms with Crippen LogP contribution in [0.15, 0.2) is 42.5 Å². The number of anilines is 1. The van der Waals surface area contributed by atoms with Gasteiger partial charge in [-0.1, -0.05) is 29.8 Å². The first-order chi connectivity index (χ1) is 12.1. The average molecular weight is 340 g/mol. The minimum absolute atomic E-state index is 0.1000. The van der Waals surface area contributed by atoms with Crippen molar-refractivity contribution in [2.24, 2.45) is 5.92 Å². The Morgan fingerprint density at radius 1 is 1.12 bits per heavy atom. The maximum absolute atomic E-state index is 9.43. The van der Waals surface area contributed by atoms with Gasteiger partial charge in [-0.15, -0.1) is 0 Å². The van der Waals surface area contributed by atoms with Crippen LogP contribution < -0.4 is 10.5 Å². The number of phenols is 1. The van der Waals surface area contributed by atoms with Crippen molar-refractivity contribution in [1.82, 2.24) is 4.90 Å². The monoisotopic (exact) mass is 340 g/mol. The van der Waals surface area contributed by atoms with Gasteiger partial charge in [0, 0.05) is 12.6 Å². The highest BCUT2D eigenvalue weighted by Crippen LogP contribution is 2.25. The standard InChI is InChI=1S/C21H28N2O2/c1-16-2-4-17(5-3-16)14-18-8-10-23(11-9-18)12-13-25-19-6-7-21(24)20(22)15-19/h2-7,15,18,24H,8-14,22H2,1H3. The molecule has 0 radical (unpaired) electrons. The van der Waals surface area contributed by atoms with Crippen LogP contribution in [0.3, 0.4) is 0 Å². The van der Waals surface area contributed by atoms with Crippen LogP contribution >= 0.6 is 0 Å². The van der Waals surface area contributed by atoms with Crippen LogP contribution in [0.2, 0.25) is 0 Å². The number of hydrogen-bond acceptors (Lipinski definition) is 4. The largest absolute Gasteiger partial charge is 0.506 e. The summed E-state index contributed by atoms with van der Waals surface area (Å²) in [5, 5.41) is 9.43. The Morgan fingerprint density at radius 2 is 1.84 bits per heavy atom. The van der Waals surface area contributed by atoms with Crippen molar-refractivity contribution in [1.29, 1.82) is 0 Å². The molecule has 3 N–H and O–H groups in total. The second kappa shape index (κ2) is 8.26. The molecule has 3 rings (SSSR count). The second-order valence-electron chi connectivity index (χ2n) is 7.04. The first-order valence-corrected chi connectivity index (χ1v) is 9.09. The molecular formula is C21H28N2O2. The number of likely N-dealkylation sites (tertiary alicyclic amines) is 1. The molecule has 0 amide bonds. The molecule has 0 atom stereocenters. The molecule has 1 fully saturated rings. The number of rotatable bonds is 6. The fourth-order valence-electron chi connectivity index (χ4n) is 3.39. The summed E-state index contributed by atoms with van der Waals surface area (Å²) in [5.41, 5.74) is 8.82. The summed E-state index contributed by atoms with van der Waals surface area (Å²) in [6, 6.07) is 13.9. The fraction of sp³-hybridized carbons (Fsp3) is 0.429. The van der Waals surface area contributed by atoms with Crippen LogP contribution in [-0.4, -0.2) is 36.2 Å². The minimum atomic E-state index is 0.1000. The lowest BCUT2D eigenvalue weighted by Crippen LogP contribution is -2.37. The van der Waals surface area contributed by atoms with Crippen LogP contribution in [0.4, 0.5) is 5.69 Å². The molecule has 0 unspecified atom stereocenters. The zero-order valence-corrected chi connectivity index (χ0v) is 14.9. The summed E-state index contributed by atoms with van der Waals surface area (Å²) in [6.45, 7) is 5.98. The van der Waals surface area contributed by atoms with Gasteiger partial charge in [0.25, 0.3) is 0 Å². The number of nitrogens with two attached hydrogens (primary N) is 1. The molecule has 2 aromatic rings. The van der Waals surface area contributed by atoms with Gasteiger partial charge in [-0.3, -0.25) is 4.90 Å². The molecule has 4 nitrogen and oxygen atoms in total. The molecule has 2 aromatic carbocycles. The van der Waals surface area contributed by atoms with E-state index in [1.807, 2.05) is 0 Å². The molecule has 0 spiro atoms. The molecule has 0 saturated carbocycles. The number of benzene rings is 2. The number of nitrogens with zero attached hydrogens (tertiary/aromatic N) is 1. The predicted molar refractivity (Wildman–Crippen MR) is 102 cm³/mol. The summed E-state index contributed by atoms with van der Waals surface area (Å²) in [7, 11) is 0. The van der Waals surface area contributed by atoms with E-state index in [2.05, 4.69) is 36.1 Å². The Hall–Kier alpha value is -2.20. The Bertz CT molecular complexity index is 677. The van der Waals surface area contributed by atoms with Gasteiger partial charge in [-0.2, -0.15) is 0 Å². The number of hydrogen-bond donors (Lipinski definition) is 2. The van der Waals surface area contributed by atoms with E-state index < -0.39 is 0 Å². The molecule has 25 heavy (non-hydrogen) atoms. The Kier molecular flexibility index (Phi) is 5.82. The molecule has 1 saturated heterocycles. The fourth-order valence-corrected chi connectivity index (χ4v) is 3.39. The third-order valence-corrected chi connectivity index (χ3v) is 5.03. The highest BCUT2D eigenvalue weighted by Gasteiger charge is 2.19. The number of phenolic OH excluding ortho intramolecular Hbond substituents is 1. The van der Waals surface area contributed by atoms with Crippen molar-refractivity contribution in [2.45, 2.75) is 26.2 Å². The molecule has 1 aliphatic rings. The van der Waals surface area contributed by atoms with Crippen molar-refractivity contribution in [3.8, 4) is 11.5 Å². The van der Waals surface area contributed by atoms with Gasteiger partial charge in [-0.25, -0.2) is 0 Å². The number of aryl methyl sites for hydroxylation is 1. The minimum Gasteiger partial charge on any atom is -0.506 e. The van der Waals surface area contributed by atoms with Gasteiger partial charge >= 0.3 is 0 Å². The van der Waals surface area contributed by atoms with Crippen molar-refractivity contribution in [2.75, 3.05) is 32.0 Å². The van der Waals surface area contributed by atoms with Crippen molar-refractivity contribution in [3.05, 3.63) is 53.6 Å². The quantitative estimate of drug-likeness (QED) is 0.623. The third kappa shape index (κ3) is 5.13. The first-order valence-electron chi connectivity index (χ1n) is 9.09. The lowest BCUT2D eigenvalue weighted by atomic mass is 9.90. The van der Waals surface area contributed by atoms with E-state index in [-0.39, 0.29) is 5.75 Å². The van der Waals surface area contributed by atoms with Gasteiger partial charge in [-0.05, 0) is 62.9 Å². The van der Waals surface area contributed by atoms with Crippen LogP contribution in [0.5, 0.6) is 11.5 Å². The summed E-state index contributed by atoms with van der Waals surface area (Å²) < 4.78 is 5.75.